The van der Waals surface area contributed by atoms with Crippen molar-refractivity contribution in [2.45, 2.75) is 18.7 Å². The van der Waals surface area contributed by atoms with Crippen molar-refractivity contribution in [3.05, 3.63) is 42.9 Å². The molecule has 164 valence electrons. The lowest BCUT2D eigenvalue weighted by Crippen LogP contribution is -2.30. The second kappa shape index (κ2) is 9.94. The molecule has 11 heteroatoms. The summed E-state index contributed by atoms with van der Waals surface area (Å²) in [5, 5.41) is 0.558. The summed E-state index contributed by atoms with van der Waals surface area (Å²) in [6.07, 6.45) is 4.69. The molecular weight excluding hydrogens is 440 g/mol. The van der Waals surface area contributed by atoms with Crippen molar-refractivity contribution in [1.29, 1.82) is 0 Å². The van der Waals surface area contributed by atoms with Crippen LogP contribution in [0.25, 0.3) is 21.1 Å². The maximum Gasteiger partial charge on any atom is 0.343 e. The first-order valence-electron chi connectivity index (χ1n) is 9.48. The molecule has 0 spiro atoms. The van der Waals surface area contributed by atoms with Crippen LogP contribution >= 0.6 is 11.3 Å². The Hall–Kier alpha value is -2.89. The Labute approximate surface area is 184 Å². The molecule has 0 amide bonds. The number of ether oxygens (including phenoxy) is 2. The van der Waals surface area contributed by atoms with Gasteiger partial charge in [-0.25, -0.2) is 13.2 Å². The van der Waals surface area contributed by atoms with Gasteiger partial charge < -0.3 is 9.47 Å². The number of nitrogens with zero attached hydrogens (tertiary/aromatic N) is 4. The monoisotopic (exact) mass is 462 g/mol. The highest BCUT2D eigenvalue weighted by molar-refractivity contribution is 7.89. The quantitative estimate of drug-likeness (QED) is 0.446. The van der Waals surface area contributed by atoms with Gasteiger partial charge in [0, 0.05) is 25.5 Å². The number of thiazole rings is 1. The van der Waals surface area contributed by atoms with E-state index in [1.807, 2.05) is 0 Å². The molecule has 2 aromatic heterocycles. The van der Waals surface area contributed by atoms with Crippen LogP contribution in [0.2, 0.25) is 0 Å². The fraction of sp³-hybridized carbons (Fsp3) is 0.300. The molecule has 31 heavy (non-hydrogen) atoms. The largest absolute Gasteiger partial charge is 0.466 e. The zero-order valence-corrected chi connectivity index (χ0v) is 18.9. The molecule has 9 nitrogen and oxygen atoms in total. The van der Waals surface area contributed by atoms with E-state index in [9.17, 15) is 13.2 Å². The average molecular weight is 463 g/mol. The Kier molecular flexibility index (Phi) is 7.31. The minimum atomic E-state index is -3.56. The van der Waals surface area contributed by atoms with Crippen LogP contribution in [-0.2, 0) is 19.6 Å². The summed E-state index contributed by atoms with van der Waals surface area (Å²) in [6.45, 7) is 4.07. The van der Waals surface area contributed by atoms with Crippen LogP contribution in [0.1, 0.15) is 13.8 Å². The molecule has 0 aliphatic carbocycles. The van der Waals surface area contributed by atoms with Crippen LogP contribution in [0.4, 0.5) is 0 Å². The standard InChI is InChI=1S/C20H22N4O5S2/c1-4-24(5-2)31(26,27)15-8-6-14(7-9-15)18-19(29-13-17(25)28-3)23-20(30-18)16-12-21-10-11-22-16/h6-12H,4-5,13H2,1-3H3. The Bertz CT molecular complexity index is 1130. The molecule has 0 saturated carbocycles. The van der Waals surface area contributed by atoms with E-state index in [0.29, 0.717) is 34.2 Å². The average Bonchev–Trinajstić information content (AvgIpc) is 3.23. The van der Waals surface area contributed by atoms with Gasteiger partial charge in [0.15, 0.2) is 6.61 Å². The molecule has 0 N–H and O–H groups in total. The number of esters is 1. The van der Waals surface area contributed by atoms with Gasteiger partial charge in [-0.15, -0.1) is 11.3 Å². The van der Waals surface area contributed by atoms with Gasteiger partial charge in [-0.1, -0.05) is 26.0 Å². The lowest BCUT2D eigenvalue weighted by molar-refractivity contribution is -0.143. The van der Waals surface area contributed by atoms with Crippen LogP contribution < -0.4 is 4.74 Å². The number of hydrogen-bond acceptors (Lipinski definition) is 9. The first-order valence-corrected chi connectivity index (χ1v) is 11.7. The Morgan fingerprint density at radius 3 is 2.42 bits per heavy atom. The van der Waals surface area contributed by atoms with Gasteiger partial charge in [0.2, 0.25) is 15.9 Å². The van der Waals surface area contributed by atoms with Crippen molar-refractivity contribution in [2.24, 2.45) is 0 Å². The molecule has 3 rings (SSSR count). The first-order chi connectivity index (χ1) is 14.9. The number of benzene rings is 1. The lowest BCUT2D eigenvalue weighted by atomic mass is 10.2. The molecule has 0 aliphatic rings. The smallest absolute Gasteiger partial charge is 0.343 e. The van der Waals surface area contributed by atoms with E-state index in [1.54, 1.807) is 56.7 Å². The second-order valence-corrected chi connectivity index (χ2v) is 9.16. The van der Waals surface area contributed by atoms with Gasteiger partial charge in [0.1, 0.15) is 10.7 Å². The van der Waals surface area contributed by atoms with Crippen LogP contribution in [-0.4, -0.2) is 60.5 Å². The summed E-state index contributed by atoms with van der Waals surface area (Å²) in [5.41, 5.74) is 1.26. The summed E-state index contributed by atoms with van der Waals surface area (Å²) < 4.78 is 37.1. The van der Waals surface area contributed by atoms with E-state index in [4.69, 9.17) is 4.74 Å². The highest BCUT2D eigenvalue weighted by atomic mass is 32.2. The number of hydrogen-bond donors (Lipinski definition) is 0. The molecule has 2 heterocycles. The number of methoxy groups -OCH3 is 1. The minimum absolute atomic E-state index is 0.204. The molecular formula is C20H22N4O5S2. The Morgan fingerprint density at radius 1 is 1.13 bits per heavy atom. The van der Waals surface area contributed by atoms with Crippen molar-refractivity contribution < 1.29 is 22.7 Å². The fourth-order valence-corrected chi connectivity index (χ4v) is 5.22. The Morgan fingerprint density at radius 2 is 1.84 bits per heavy atom. The third kappa shape index (κ3) is 5.06. The van der Waals surface area contributed by atoms with Crippen molar-refractivity contribution in [3.8, 4) is 27.0 Å². The lowest BCUT2D eigenvalue weighted by Gasteiger charge is -2.18. The van der Waals surface area contributed by atoms with Gasteiger partial charge in [0.25, 0.3) is 0 Å². The minimum Gasteiger partial charge on any atom is -0.466 e. The van der Waals surface area contributed by atoms with E-state index in [2.05, 4.69) is 19.7 Å². The van der Waals surface area contributed by atoms with Crippen molar-refractivity contribution in [2.75, 3.05) is 26.8 Å². The highest BCUT2D eigenvalue weighted by Gasteiger charge is 2.23. The molecule has 0 fully saturated rings. The number of sulfonamides is 1. The van der Waals surface area contributed by atoms with E-state index in [1.165, 1.54) is 22.8 Å². The van der Waals surface area contributed by atoms with Crippen LogP contribution in [0.3, 0.4) is 0 Å². The van der Waals surface area contributed by atoms with Gasteiger partial charge in [-0.3, -0.25) is 9.97 Å². The van der Waals surface area contributed by atoms with Gasteiger partial charge >= 0.3 is 5.97 Å². The molecule has 3 aromatic rings. The molecule has 0 aliphatic heterocycles. The fourth-order valence-electron chi connectivity index (χ4n) is 2.78. The van der Waals surface area contributed by atoms with Crippen LogP contribution in [0.15, 0.2) is 47.8 Å². The summed E-state index contributed by atoms with van der Waals surface area (Å²) in [4.78, 5) is 25.1. The maximum atomic E-state index is 12.7. The summed E-state index contributed by atoms with van der Waals surface area (Å²) >= 11 is 1.30. The molecule has 1 aromatic carbocycles. The third-order valence-electron chi connectivity index (χ3n) is 4.39. The Balaban J connectivity index is 1.98. The number of carbonyl (C=O) groups is 1. The SMILES string of the molecule is CCN(CC)S(=O)(=O)c1ccc(-c2sc(-c3cnccn3)nc2OCC(=O)OC)cc1. The predicted molar refractivity (Wildman–Crippen MR) is 116 cm³/mol. The van der Waals surface area contributed by atoms with E-state index < -0.39 is 16.0 Å². The zero-order valence-electron chi connectivity index (χ0n) is 17.3. The summed E-state index contributed by atoms with van der Waals surface area (Å²) in [7, 11) is -2.29. The summed E-state index contributed by atoms with van der Waals surface area (Å²) in [6, 6.07) is 6.48. The van der Waals surface area contributed by atoms with Crippen LogP contribution in [0, 0.1) is 0 Å². The predicted octanol–water partition coefficient (Wildman–Crippen LogP) is 2.85. The number of carbonyl (C=O) groups excluding carboxylic acids is 1. The topological polar surface area (TPSA) is 112 Å². The molecule has 0 radical (unpaired) electrons. The number of aromatic nitrogens is 3. The number of rotatable bonds is 9. The maximum absolute atomic E-state index is 12.7. The molecule has 0 saturated heterocycles. The van der Waals surface area contributed by atoms with Gasteiger partial charge in [-0.2, -0.15) is 9.29 Å². The van der Waals surface area contributed by atoms with Crippen molar-refractivity contribution in [3.63, 3.8) is 0 Å². The zero-order chi connectivity index (χ0) is 22.4. The van der Waals surface area contributed by atoms with E-state index in [0.717, 1.165) is 0 Å². The molecule has 0 bridgehead atoms. The second-order valence-electron chi connectivity index (χ2n) is 6.22. The van der Waals surface area contributed by atoms with E-state index >= 15 is 0 Å². The molecule has 0 atom stereocenters. The van der Waals surface area contributed by atoms with Crippen molar-refractivity contribution in [1.82, 2.24) is 19.3 Å². The van der Waals surface area contributed by atoms with Crippen LogP contribution in [0.5, 0.6) is 5.88 Å². The van der Waals surface area contributed by atoms with Gasteiger partial charge in [-0.05, 0) is 17.7 Å². The third-order valence-corrected chi connectivity index (χ3v) is 7.56. The highest BCUT2D eigenvalue weighted by Crippen LogP contribution is 2.39. The van der Waals surface area contributed by atoms with Crippen molar-refractivity contribution >= 4 is 27.3 Å². The summed E-state index contributed by atoms with van der Waals surface area (Å²) in [5.74, 6) is -0.309. The normalized spacial score (nSPS) is 11.5. The van der Waals surface area contributed by atoms with Gasteiger partial charge in [0.05, 0.1) is 23.1 Å². The van der Waals surface area contributed by atoms with E-state index in [-0.39, 0.29) is 17.4 Å². The molecule has 0 unspecified atom stereocenters. The first kappa shape index (κ1) is 22.8.